The molecule has 17 heavy (non-hydrogen) atoms. The van der Waals surface area contributed by atoms with Gasteiger partial charge in [0.05, 0.1) is 7.11 Å². The summed E-state index contributed by atoms with van der Waals surface area (Å²) < 4.78 is 4.65. The number of hydrogen-bond donors (Lipinski definition) is 1. The molecule has 0 aromatic carbocycles. The van der Waals surface area contributed by atoms with E-state index in [2.05, 4.69) is 9.64 Å². The van der Waals surface area contributed by atoms with Crippen LogP contribution >= 0.6 is 0 Å². The van der Waals surface area contributed by atoms with Gasteiger partial charge in [0.1, 0.15) is 0 Å². The van der Waals surface area contributed by atoms with E-state index in [1.807, 2.05) is 0 Å². The third-order valence-corrected chi connectivity index (χ3v) is 4.31. The number of likely N-dealkylation sites (tertiary alicyclic amines) is 1. The van der Waals surface area contributed by atoms with Crippen molar-refractivity contribution in [2.24, 2.45) is 17.6 Å². The molecule has 0 aromatic rings. The first-order chi connectivity index (χ1) is 8.20. The number of nitrogens with two attached hydrogens (primary N) is 1. The lowest BCUT2D eigenvalue weighted by molar-refractivity contribution is -0.140. The molecule has 1 saturated heterocycles. The Morgan fingerprint density at radius 2 is 2.24 bits per heavy atom. The molecule has 0 aromatic heterocycles. The molecule has 2 rings (SSSR count). The molecule has 2 N–H and O–H groups in total. The number of ether oxygens (including phenoxy) is 1. The molecule has 0 amide bonds. The summed E-state index contributed by atoms with van der Waals surface area (Å²) >= 11 is 0. The van der Waals surface area contributed by atoms with Gasteiger partial charge < -0.3 is 15.4 Å². The summed E-state index contributed by atoms with van der Waals surface area (Å²) in [5.41, 5.74) is 6.18. The maximum Gasteiger partial charge on any atom is 0.305 e. The van der Waals surface area contributed by atoms with E-state index in [0.717, 1.165) is 25.4 Å². The standard InChI is InChI=1S/C13H24N2O2/c1-17-13(16)6-3-7-15-8-10-4-2-5-12(14)11(10)9-15/h10-12H,2-9,14H2,1H3. The van der Waals surface area contributed by atoms with Gasteiger partial charge in [-0.25, -0.2) is 0 Å². The van der Waals surface area contributed by atoms with Crippen LogP contribution in [0.3, 0.4) is 0 Å². The Kier molecular flexibility index (Phi) is 4.40. The molecule has 0 bridgehead atoms. The number of nitrogens with zero attached hydrogens (tertiary/aromatic N) is 1. The Labute approximate surface area is 103 Å². The predicted octanol–water partition coefficient (Wildman–Crippen LogP) is 0.999. The van der Waals surface area contributed by atoms with Crippen molar-refractivity contribution >= 4 is 5.97 Å². The lowest BCUT2D eigenvalue weighted by atomic mass is 9.78. The molecule has 1 heterocycles. The number of fused-ring (bicyclic) bond motifs is 1. The maximum atomic E-state index is 11.0. The molecule has 0 radical (unpaired) electrons. The second kappa shape index (κ2) is 5.83. The van der Waals surface area contributed by atoms with E-state index in [4.69, 9.17) is 5.73 Å². The first-order valence-corrected chi connectivity index (χ1v) is 6.75. The van der Waals surface area contributed by atoms with Crippen molar-refractivity contribution in [2.75, 3.05) is 26.7 Å². The van der Waals surface area contributed by atoms with Gasteiger partial charge in [0, 0.05) is 25.6 Å². The Bertz CT molecular complexity index is 270. The van der Waals surface area contributed by atoms with Gasteiger partial charge in [-0.15, -0.1) is 0 Å². The van der Waals surface area contributed by atoms with Crippen molar-refractivity contribution in [3.63, 3.8) is 0 Å². The first-order valence-electron chi connectivity index (χ1n) is 6.75. The van der Waals surface area contributed by atoms with E-state index >= 15 is 0 Å². The summed E-state index contributed by atoms with van der Waals surface area (Å²) in [7, 11) is 1.45. The molecular weight excluding hydrogens is 216 g/mol. The van der Waals surface area contributed by atoms with Gasteiger partial charge in [-0.3, -0.25) is 4.79 Å². The van der Waals surface area contributed by atoms with E-state index in [0.29, 0.717) is 18.4 Å². The van der Waals surface area contributed by atoms with Crippen molar-refractivity contribution in [1.82, 2.24) is 4.90 Å². The summed E-state index contributed by atoms with van der Waals surface area (Å²) in [5, 5.41) is 0. The zero-order valence-electron chi connectivity index (χ0n) is 10.7. The topological polar surface area (TPSA) is 55.6 Å². The SMILES string of the molecule is COC(=O)CCCN1CC2CCCC(N)C2C1. The molecule has 98 valence electrons. The van der Waals surface area contributed by atoms with Crippen LogP contribution in [-0.2, 0) is 9.53 Å². The minimum Gasteiger partial charge on any atom is -0.469 e. The summed E-state index contributed by atoms with van der Waals surface area (Å²) in [6.45, 7) is 3.32. The lowest BCUT2D eigenvalue weighted by Gasteiger charge is -2.29. The van der Waals surface area contributed by atoms with Gasteiger partial charge >= 0.3 is 5.97 Å². The van der Waals surface area contributed by atoms with E-state index in [1.54, 1.807) is 0 Å². The molecule has 3 atom stereocenters. The number of rotatable bonds is 4. The number of carbonyl (C=O) groups is 1. The van der Waals surface area contributed by atoms with Crippen LogP contribution in [0.5, 0.6) is 0 Å². The van der Waals surface area contributed by atoms with E-state index < -0.39 is 0 Å². The average Bonchev–Trinajstić information content (AvgIpc) is 2.73. The monoisotopic (exact) mass is 240 g/mol. The van der Waals surface area contributed by atoms with Crippen molar-refractivity contribution in [3.8, 4) is 0 Å². The largest absolute Gasteiger partial charge is 0.469 e. The highest BCUT2D eigenvalue weighted by Gasteiger charge is 2.38. The second-order valence-electron chi connectivity index (χ2n) is 5.46. The molecule has 1 aliphatic carbocycles. The summed E-state index contributed by atoms with van der Waals surface area (Å²) in [5.74, 6) is 1.40. The van der Waals surface area contributed by atoms with Crippen molar-refractivity contribution in [2.45, 2.75) is 38.1 Å². The molecule has 1 saturated carbocycles. The Morgan fingerprint density at radius 1 is 1.41 bits per heavy atom. The fourth-order valence-electron chi connectivity index (χ4n) is 3.34. The van der Waals surface area contributed by atoms with E-state index in [1.165, 1.54) is 32.9 Å². The summed E-state index contributed by atoms with van der Waals surface area (Å²) in [6.07, 6.45) is 5.26. The highest BCUT2D eigenvalue weighted by Crippen LogP contribution is 2.35. The quantitative estimate of drug-likeness (QED) is 0.745. The predicted molar refractivity (Wildman–Crippen MR) is 66.5 cm³/mol. The summed E-state index contributed by atoms with van der Waals surface area (Å²) in [6, 6.07) is 0.402. The zero-order valence-corrected chi connectivity index (χ0v) is 10.7. The van der Waals surface area contributed by atoms with Crippen molar-refractivity contribution < 1.29 is 9.53 Å². The van der Waals surface area contributed by atoms with Crippen molar-refractivity contribution in [3.05, 3.63) is 0 Å². The lowest BCUT2D eigenvalue weighted by Crippen LogP contribution is -2.38. The Hall–Kier alpha value is -0.610. The first kappa shape index (κ1) is 12.8. The van der Waals surface area contributed by atoms with Crippen LogP contribution in [0.15, 0.2) is 0 Å². The third kappa shape index (κ3) is 3.19. The normalized spacial score (nSPS) is 33.4. The molecule has 4 nitrogen and oxygen atoms in total. The fraction of sp³-hybridized carbons (Fsp3) is 0.923. The van der Waals surface area contributed by atoms with Crippen LogP contribution in [0.2, 0.25) is 0 Å². The molecule has 1 aliphatic heterocycles. The highest BCUT2D eigenvalue weighted by atomic mass is 16.5. The fourth-order valence-corrected chi connectivity index (χ4v) is 3.34. The smallest absolute Gasteiger partial charge is 0.305 e. The van der Waals surface area contributed by atoms with Gasteiger partial charge in [-0.2, -0.15) is 0 Å². The third-order valence-electron chi connectivity index (χ3n) is 4.31. The van der Waals surface area contributed by atoms with Crippen LogP contribution in [0, 0.1) is 11.8 Å². The van der Waals surface area contributed by atoms with Gasteiger partial charge in [0.25, 0.3) is 0 Å². The summed E-state index contributed by atoms with van der Waals surface area (Å²) in [4.78, 5) is 13.5. The van der Waals surface area contributed by atoms with Gasteiger partial charge in [0.15, 0.2) is 0 Å². The molecule has 2 fully saturated rings. The Morgan fingerprint density at radius 3 is 2.94 bits per heavy atom. The zero-order chi connectivity index (χ0) is 12.3. The average molecular weight is 240 g/mol. The number of methoxy groups -OCH3 is 1. The minimum atomic E-state index is -0.0988. The number of esters is 1. The second-order valence-corrected chi connectivity index (χ2v) is 5.46. The van der Waals surface area contributed by atoms with Crippen LogP contribution in [0.1, 0.15) is 32.1 Å². The van der Waals surface area contributed by atoms with Crippen LogP contribution < -0.4 is 5.73 Å². The molecule has 0 spiro atoms. The van der Waals surface area contributed by atoms with E-state index in [-0.39, 0.29) is 5.97 Å². The molecule has 2 aliphatic rings. The number of hydrogen-bond acceptors (Lipinski definition) is 4. The van der Waals surface area contributed by atoms with Gasteiger partial charge in [-0.05, 0) is 37.6 Å². The molecular formula is C13H24N2O2. The van der Waals surface area contributed by atoms with Crippen LogP contribution in [0.25, 0.3) is 0 Å². The molecule has 3 unspecified atom stereocenters. The van der Waals surface area contributed by atoms with Crippen LogP contribution in [0.4, 0.5) is 0 Å². The van der Waals surface area contributed by atoms with Gasteiger partial charge in [-0.1, -0.05) is 6.42 Å². The number of carbonyl (C=O) groups excluding carboxylic acids is 1. The van der Waals surface area contributed by atoms with Crippen molar-refractivity contribution in [1.29, 1.82) is 0 Å². The Balaban J connectivity index is 1.72. The maximum absolute atomic E-state index is 11.0. The minimum absolute atomic E-state index is 0.0988. The van der Waals surface area contributed by atoms with Crippen LogP contribution in [-0.4, -0.2) is 43.7 Å². The van der Waals surface area contributed by atoms with Gasteiger partial charge in [0.2, 0.25) is 0 Å². The highest BCUT2D eigenvalue weighted by molar-refractivity contribution is 5.69. The van der Waals surface area contributed by atoms with E-state index in [9.17, 15) is 4.79 Å². The molecule has 4 heteroatoms.